The molecule has 1 aliphatic carbocycles. The predicted octanol–water partition coefficient (Wildman–Crippen LogP) is 3.04. The topological polar surface area (TPSA) is 95.2 Å². The highest BCUT2D eigenvalue weighted by Crippen LogP contribution is 2.33. The number of guanidine groups is 1. The maximum Gasteiger partial charge on any atom is 0.211 e. The molecule has 1 fully saturated rings. The van der Waals surface area contributed by atoms with Crippen molar-refractivity contribution in [2.45, 2.75) is 31.8 Å². The number of nitrogens with two attached hydrogens (primary N) is 2. The van der Waals surface area contributed by atoms with Gasteiger partial charge in [-0.2, -0.15) is 0 Å². The van der Waals surface area contributed by atoms with Crippen molar-refractivity contribution in [3.63, 3.8) is 0 Å². The fraction of sp³-hybridized carbons (Fsp3) is 0.300. The van der Waals surface area contributed by atoms with Crippen LogP contribution in [0.25, 0.3) is 0 Å². The first-order valence-electron chi connectivity index (χ1n) is 8.74. The van der Waals surface area contributed by atoms with Crippen LogP contribution >= 0.6 is 0 Å². The molecule has 2 aromatic rings. The molecule has 0 aliphatic heterocycles. The summed E-state index contributed by atoms with van der Waals surface area (Å²) in [6, 6.07) is 15.5. The Morgan fingerprint density at radius 1 is 0.923 bits per heavy atom. The van der Waals surface area contributed by atoms with Crippen LogP contribution in [0.3, 0.4) is 0 Å². The van der Waals surface area contributed by atoms with Crippen LogP contribution in [0, 0.1) is 0 Å². The molecule has 2 aromatic carbocycles. The third-order valence-electron chi connectivity index (χ3n) is 4.35. The van der Waals surface area contributed by atoms with Gasteiger partial charge in [-0.05, 0) is 43.9 Å². The van der Waals surface area contributed by atoms with Gasteiger partial charge in [-0.1, -0.05) is 30.3 Å². The highest BCUT2D eigenvalue weighted by molar-refractivity contribution is 6.13. The van der Waals surface area contributed by atoms with Crippen molar-refractivity contribution in [1.82, 2.24) is 0 Å². The highest BCUT2D eigenvalue weighted by atomic mass is 16.5. The lowest BCUT2D eigenvalue weighted by atomic mass is 10.0. The molecule has 26 heavy (non-hydrogen) atoms. The zero-order valence-electron chi connectivity index (χ0n) is 14.9. The number of methoxy groups -OCH3 is 1. The first-order chi connectivity index (χ1) is 12.7. The average Bonchev–Trinajstić information content (AvgIpc) is 3.16. The smallest absolute Gasteiger partial charge is 0.211 e. The van der Waals surface area contributed by atoms with E-state index in [1.807, 2.05) is 48.5 Å². The van der Waals surface area contributed by atoms with Crippen LogP contribution < -0.4 is 20.9 Å². The minimum absolute atomic E-state index is 0.0885. The number of benzene rings is 2. The lowest BCUT2D eigenvalue weighted by Crippen LogP contribution is -2.22. The summed E-state index contributed by atoms with van der Waals surface area (Å²) >= 11 is 0. The molecule has 0 amide bonds. The van der Waals surface area contributed by atoms with Crippen molar-refractivity contribution >= 4 is 11.7 Å². The summed E-state index contributed by atoms with van der Waals surface area (Å²) in [5, 5.41) is 8.09. The second-order valence-electron chi connectivity index (χ2n) is 6.23. The van der Waals surface area contributed by atoms with Gasteiger partial charge in [0.15, 0.2) is 11.5 Å². The van der Waals surface area contributed by atoms with Crippen LogP contribution in [0.5, 0.6) is 11.5 Å². The molecule has 0 radical (unpaired) electrons. The van der Waals surface area contributed by atoms with Crippen molar-refractivity contribution in [3.8, 4) is 11.5 Å². The average molecular weight is 352 g/mol. The highest BCUT2D eigenvalue weighted by Gasteiger charge is 2.19. The molecular weight excluding hydrogens is 328 g/mol. The van der Waals surface area contributed by atoms with Gasteiger partial charge in [0.05, 0.1) is 13.2 Å². The Morgan fingerprint density at radius 3 is 2.31 bits per heavy atom. The maximum absolute atomic E-state index is 6.18. The molecule has 0 aromatic heterocycles. The zero-order chi connectivity index (χ0) is 18.4. The molecule has 0 unspecified atom stereocenters. The van der Waals surface area contributed by atoms with E-state index in [2.05, 4.69) is 10.2 Å². The van der Waals surface area contributed by atoms with E-state index in [1.165, 1.54) is 12.8 Å². The van der Waals surface area contributed by atoms with E-state index >= 15 is 0 Å². The molecule has 6 heteroatoms. The SMILES string of the molecule is COc1ccc(/C(=N/N=C(N)N)c2ccccc2)cc1OC1CCCC1. The molecule has 4 N–H and O–H groups in total. The van der Waals surface area contributed by atoms with Crippen molar-refractivity contribution in [3.05, 3.63) is 59.7 Å². The van der Waals surface area contributed by atoms with Gasteiger partial charge in [0.1, 0.15) is 5.71 Å². The Balaban J connectivity index is 2.00. The van der Waals surface area contributed by atoms with Crippen molar-refractivity contribution in [1.29, 1.82) is 0 Å². The van der Waals surface area contributed by atoms with E-state index < -0.39 is 0 Å². The number of hydrogen-bond donors (Lipinski definition) is 2. The first-order valence-corrected chi connectivity index (χ1v) is 8.74. The monoisotopic (exact) mass is 352 g/mol. The summed E-state index contributed by atoms with van der Waals surface area (Å²) in [5.74, 6) is 1.33. The molecule has 0 saturated heterocycles. The van der Waals surface area contributed by atoms with Crippen LogP contribution in [0.15, 0.2) is 58.7 Å². The van der Waals surface area contributed by atoms with E-state index in [-0.39, 0.29) is 12.1 Å². The van der Waals surface area contributed by atoms with E-state index in [1.54, 1.807) is 7.11 Å². The summed E-state index contributed by atoms with van der Waals surface area (Å²) in [4.78, 5) is 0. The second-order valence-corrected chi connectivity index (χ2v) is 6.23. The van der Waals surface area contributed by atoms with E-state index in [0.717, 1.165) is 24.0 Å². The van der Waals surface area contributed by atoms with Gasteiger partial charge < -0.3 is 20.9 Å². The van der Waals surface area contributed by atoms with Crippen molar-refractivity contribution in [2.75, 3.05) is 7.11 Å². The molecule has 1 saturated carbocycles. The molecule has 136 valence electrons. The number of hydrogen-bond acceptors (Lipinski definition) is 4. The van der Waals surface area contributed by atoms with Crippen LogP contribution in [0.2, 0.25) is 0 Å². The quantitative estimate of drug-likeness (QED) is 0.474. The van der Waals surface area contributed by atoms with E-state index in [9.17, 15) is 0 Å². The lowest BCUT2D eigenvalue weighted by Gasteiger charge is -2.17. The molecule has 1 aliphatic rings. The fourth-order valence-corrected chi connectivity index (χ4v) is 3.09. The molecule has 0 atom stereocenters. The van der Waals surface area contributed by atoms with Gasteiger partial charge in [0.2, 0.25) is 5.96 Å². The Morgan fingerprint density at radius 2 is 1.65 bits per heavy atom. The first kappa shape index (κ1) is 17.8. The number of nitrogens with zero attached hydrogens (tertiary/aromatic N) is 2. The predicted molar refractivity (Wildman–Crippen MR) is 104 cm³/mol. The third-order valence-corrected chi connectivity index (χ3v) is 4.35. The van der Waals surface area contributed by atoms with Crippen molar-refractivity contribution in [2.24, 2.45) is 21.7 Å². The molecular formula is C20H24N4O2. The molecule has 6 nitrogen and oxygen atoms in total. The lowest BCUT2D eigenvalue weighted by molar-refractivity contribution is 0.201. The minimum Gasteiger partial charge on any atom is -0.493 e. The minimum atomic E-state index is -0.0885. The van der Waals surface area contributed by atoms with Gasteiger partial charge in [-0.3, -0.25) is 0 Å². The van der Waals surface area contributed by atoms with Gasteiger partial charge in [0, 0.05) is 11.1 Å². The van der Waals surface area contributed by atoms with Gasteiger partial charge in [0.25, 0.3) is 0 Å². The summed E-state index contributed by atoms with van der Waals surface area (Å²) in [7, 11) is 1.64. The van der Waals surface area contributed by atoms with Gasteiger partial charge in [-0.15, -0.1) is 10.2 Å². The maximum atomic E-state index is 6.18. The molecule has 3 rings (SSSR count). The van der Waals surface area contributed by atoms with Crippen LogP contribution in [0.1, 0.15) is 36.8 Å². The summed E-state index contributed by atoms with van der Waals surface area (Å²) in [6.45, 7) is 0. The summed E-state index contributed by atoms with van der Waals surface area (Å²) in [5.41, 5.74) is 13.3. The van der Waals surface area contributed by atoms with Gasteiger partial charge in [-0.25, -0.2) is 0 Å². The number of ether oxygens (including phenoxy) is 2. The zero-order valence-corrected chi connectivity index (χ0v) is 14.9. The van der Waals surface area contributed by atoms with Crippen LogP contribution in [-0.4, -0.2) is 24.9 Å². The number of rotatable bonds is 6. The Hall–Kier alpha value is -3.02. The normalized spacial score (nSPS) is 14.9. The standard InChI is InChI=1S/C20H24N4O2/c1-25-17-12-11-15(13-18(17)26-16-9-5-6-10-16)19(23-24-20(21)22)14-7-3-2-4-8-14/h2-4,7-8,11-13,16H,5-6,9-10H2,1H3,(H4,21,22,24)/b23-19+. The Kier molecular flexibility index (Phi) is 5.73. The second kappa shape index (κ2) is 8.38. The molecule has 0 spiro atoms. The molecule has 0 heterocycles. The Labute approximate surface area is 153 Å². The third kappa shape index (κ3) is 4.33. The fourth-order valence-electron chi connectivity index (χ4n) is 3.09. The summed E-state index contributed by atoms with van der Waals surface area (Å²) in [6.07, 6.45) is 4.78. The Bertz CT molecular complexity index is 793. The largest absolute Gasteiger partial charge is 0.493 e. The van der Waals surface area contributed by atoms with Gasteiger partial charge >= 0.3 is 0 Å². The van der Waals surface area contributed by atoms with E-state index in [0.29, 0.717) is 17.2 Å². The molecule has 0 bridgehead atoms. The van der Waals surface area contributed by atoms with Crippen molar-refractivity contribution < 1.29 is 9.47 Å². The van der Waals surface area contributed by atoms with E-state index in [4.69, 9.17) is 20.9 Å². The van der Waals surface area contributed by atoms with Crippen LogP contribution in [-0.2, 0) is 0 Å². The van der Waals surface area contributed by atoms with Crippen LogP contribution in [0.4, 0.5) is 0 Å². The summed E-state index contributed by atoms with van der Waals surface area (Å²) < 4.78 is 11.6.